The van der Waals surface area contributed by atoms with Crippen molar-refractivity contribution in [3.63, 3.8) is 0 Å². The maximum Gasteiger partial charge on any atom is 0.191 e. The Morgan fingerprint density at radius 3 is 2.61 bits per heavy atom. The number of rotatable bonds is 8. The second kappa shape index (κ2) is 13.5. The minimum atomic E-state index is 0. The van der Waals surface area contributed by atoms with Gasteiger partial charge in [0.25, 0.3) is 0 Å². The number of hydrogen-bond donors (Lipinski definition) is 2. The lowest BCUT2D eigenvalue weighted by Gasteiger charge is -2.32. The highest BCUT2D eigenvalue weighted by atomic mass is 127. The Hall–Kier alpha value is -1.84. The molecule has 1 aliphatic heterocycles. The number of ether oxygens (including phenoxy) is 2. The highest BCUT2D eigenvalue weighted by Crippen LogP contribution is 2.25. The van der Waals surface area contributed by atoms with Gasteiger partial charge in [0.2, 0.25) is 0 Å². The molecule has 2 aromatic carbocycles. The van der Waals surface area contributed by atoms with Gasteiger partial charge in [-0.1, -0.05) is 30.3 Å². The molecule has 0 spiro atoms. The second-order valence-electron chi connectivity index (χ2n) is 7.71. The molecule has 0 unspecified atom stereocenters. The van der Waals surface area contributed by atoms with E-state index < -0.39 is 0 Å². The van der Waals surface area contributed by atoms with Gasteiger partial charge in [0.05, 0.1) is 6.61 Å². The van der Waals surface area contributed by atoms with Crippen molar-refractivity contribution in [2.75, 3.05) is 40.4 Å². The number of halogens is 1. The number of aryl methyl sites for hydroxylation is 1. The van der Waals surface area contributed by atoms with E-state index in [9.17, 15) is 0 Å². The zero-order valence-electron chi connectivity index (χ0n) is 18.8. The summed E-state index contributed by atoms with van der Waals surface area (Å²) in [6, 6.07) is 16.7. The summed E-state index contributed by atoms with van der Waals surface area (Å²) in [5.74, 6) is 2.54. The molecule has 0 aromatic heterocycles. The number of para-hydroxylation sites is 1. The molecule has 0 aliphatic carbocycles. The SMILES string of the molecule is CN=C(NCc1ccccc1Oc1cccc(C)c1)NC1CCN(CCOC)CC1.I. The maximum atomic E-state index is 6.13. The number of benzene rings is 2. The lowest BCUT2D eigenvalue weighted by molar-refractivity contribution is 0.128. The van der Waals surface area contributed by atoms with E-state index in [1.807, 2.05) is 43.4 Å². The lowest BCUT2D eigenvalue weighted by Crippen LogP contribution is -2.48. The van der Waals surface area contributed by atoms with Crippen molar-refractivity contribution in [3.05, 3.63) is 59.7 Å². The minimum Gasteiger partial charge on any atom is -0.457 e. The Balaban J connectivity index is 0.00000341. The summed E-state index contributed by atoms with van der Waals surface area (Å²) in [6.07, 6.45) is 2.22. The van der Waals surface area contributed by atoms with Crippen LogP contribution in [0.2, 0.25) is 0 Å². The third-order valence-corrected chi connectivity index (χ3v) is 5.40. The molecule has 1 fully saturated rings. The number of nitrogens with zero attached hydrogens (tertiary/aromatic N) is 2. The number of hydrogen-bond acceptors (Lipinski definition) is 4. The average Bonchev–Trinajstić information content (AvgIpc) is 2.77. The van der Waals surface area contributed by atoms with Gasteiger partial charge in [-0.05, 0) is 43.5 Å². The van der Waals surface area contributed by atoms with Gasteiger partial charge in [-0.2, -0.15) is 0 Å². The van der Waals surface area contributed by atoms with Gasteiger partial charge in [-0.3, -0.25) is 4.99 Å². The first kappa shape index (κ1) is 25.4. The molecular weight excluding hydrogens is 503 g/mol. The highest BCUT2D eigenvalue weighted by Gasteiger charge is 2.19. The van der Waals surface area contributed by atoms with Gasteiger partial charge < -0.3 is 25.0 Å². The van der Waals surface area contributed by atoms with E-state index in [1.165, 1.54) is 5.56 Å². The van der Waals surface area contributed by atoms with Crippen LogP contribution >= 0.6 is 24.0 Å². The van der Waals surface area contributed by atoms with Gasteiger partial charge in [-0.25, -0.2) is 0 Å². The molecule has 1 saturated heterocycles. The van der Waals surface area contributed by atoms with E-state index in [2.05, 4.69) is 39.6 Å². The first-order valence-electron chi connectivity index (χ1n) is 10.7. The first-order valence-corrected chi connectivity index (χ1v) is 10.7. The smallest absolute Gasteiger partial charge is 0.191 e. The van der Waals surface area contributed by atoms with Crippen molar-refractivity contribution in [3.8, 4) is 11.5 Å². The summed E-state index contributed by atoms with van der Waals surface area (Å²) in [6.45, 7) is 6.70. The normalized spacial score (nSPS) is 15.3. The maximum absolute atomic E-state index is 6.13. The Morgan fingerprint density at radius 2 is 1.90 bits per heavy atom. The van der Waals surface area contributed by atoms with Crippen LogP contribution in [0, 0.1) is 6.92 Å². The third kappa shape index (κ3) is 8.31. The van der Waals surface area contributed by atoms with Crippen LogP contribution in [-0.2, 0) is 11.3 Å². The molecule has 0 radical (unpaired) electrons. The number of piperidine rings is 1. The Labute approximate surface area is 203 Å². The van der Waals surface area contributed by atoms with Crippen LogP contribution in [0.3, 0.4) is 0 Å². The van der Waals surface area contributed by atoms with E-state index in [-0.39, 0.29) is 24.0 Å². The van der Waals surface area contributed by atoms with E-state index in [4.69, 9.17) is 9.47 Å². The highest BCUT2D eigenvalue weighted by molar-refractivity contribution is 14.0. The summed E-state index contributed by atoms with van der Waals surface area (Å²) >= 11 is 0. The van der Waals surface area contributed by atoms with Crippen molar-refractivity contribution in [2.45, 2.75) is 32.4 Å². The third-order valence-electron chi connectivity index (χ3n) is 5.40. The van der Waals surface area contributed by atoms with Crippen LogP contribution in [0.25, 0.3) is 0 Å². The molecule has 0 bridgehead atoms. The summed E-state index contributed by atoms with van der Waals surface area (Å²) in [4.78, 5) is 6.87. The molecule has 0 amide bonds. The van der Waals surface area contributed by atoms with Crippen LogP contribution in [0.1, 0.15) is 24.0 Å². The Bertz CT molecular complexity index is 823. The minimum absolute atomic E-state index is 0. The zero-order chi connectivity index (χ0) is 21.2. The standard InChI is InChI=1S/C24H34N4O2.HI/c1-19-7-6-9-22(17-19)30-23-10-5-4-8-20(23)18-26-24(25-2)27-21-11-13-28(14-12-21)15-16-29-3;/h4-10,17,21H,11-16,18H2,1-3H3,(H2,25,26,27);1H. The molecular formula is C24H35IN4O2. The molecule has 0 atom stereocenters. The van der Waals surface area contributed by atoms with E-state index in [0.717, 1.165) is 62.1 Å². The monoisotopic (exact) mass is 538 g/mol. The van der Waals surface area contributed by atoms with E-state index in [0.29, 0.717) is 12.6 Å². The van der Waals surface area contributed by atoms with Crippen LogP contribution < -0.4 is 15.4 Å². The zero-order valence-corrected chi connectivity index (χ0v) is 21.1. The molecule has 2 N–H and O–H groups in total. The summed E-state index contributed by atoms with van der Waals surface area (Å²) < 4.78 is 11.3. The molecule has 2 aromatic rings. The predicted octanol–water partition coefficient (Wildman–Crippen LogP) is 4.18. The lowest BCUT2D eigenvalue weighted by atomic mass is 10.1. The van der Waals surface area contributed by atoms with Crippen LogP contribution in [0.15, 0.2) is 53.5 Å². The number of guanidine groups is 1. The summed E-state index contributed by atoms with van der Waals surface area (Å²) in [5.41, 5.74) is 2.28. The summed E-state index contributed by atoms with van der Waals surface area (Å²) in [5, 5.41) is 7.01. The topological polar surface area (TPSA) is 58.1 Å². The quantitative estimate of drug-likeness (QED) is 0.300. The Kier molecular flexibility index (Phi) is 11.1. The van der Waals surface area contributed by atoms with Crippen LogP contribution in [0.4, 0.5) is 0 Å². The molecule has 31 heavy (non-hydrogen) atoms. The predicted molar refractivity (Wildman–Crippen MR) is 138 cm³/mol. The fraction of sp³-hybridized carbons (Fsp3) is 0.458. The summed E-state index contributed by atoms with van der Waals surface area (Å²) in [7, 11) is 3.58. The van der Waals surface area contributed by atoms with Crippen LogP contribution in [-0.4, -0.2) is 57.3 Å². The Morgan fingerprint density at radius 1 is 1.13 bits per heavy atom. The number of methoxy groups -OCH3 is 1. The first-order chi connectivity index (χ1) is 14.7. The molecule has 3 rings (SSSR count). The molecule has 7 heteroatoms. The molecule has 1 heterocycles. The number of likely N-dealkylation sites (tertiary alicyclic amines) is 1. The van der Waals surface area contributed by atoms with Crippen molar-refractivity contribution in [1.29, 1.82) is 0 Å². The molecule has 1 aliphatic rings. The van der Waals surface area contributed by atoms with Crippen molar-refractivity contribution in [2.24, 2.45) is 4.99 Å². The van der Waals surface area contributed by atoms with E-state index >= 15 is 0 Å². The van der Waals surface area contributed by atoms with Gasteiger partial charge >= 0.3 is 0 Å². The molecule has 6 nitrogen and oxygen atoms in total. The number of aliphatic imine (C=N–C) groups is 1. The van der Waals surface area contributed by atoms with Gasteiger partial charge in [-0.15, -0.1) is 24.0 Å². The van der Waals surface area contributed by atoms with Crippen molar-refractivity contribution >= 4 is 29.9 Å². The molecule has 170 valence electrons. The van der Waals surface area contributed by atoms with Gasteiger partial charge in [0, 0.05) is 51.9 Å². The number of nitrogens with one attached hydrogen (secondary N) is 2. The molecule has 0 saturated carbocycles. The fourth-order valence-corrected chi connectivity index (χ4v) is 3.64. The van der Waals surface area contributed by atoms with Crippen LogP contribution in [0.5, 0.6) is 11.5 Å². The van der Waals surface area contributed by atoms with Crippen molar-refractivity contribution < 1.29 is 9.47 Å². The fourth-order valence-electron chi connectivity index (χ4n) is 3.64. The average molecular weight is 538 g/mol. The van der Waals surface area contributed by atoms with Crippen molar-refractivity contribution in [1.82, 2.24) is 15.5 Å². The van der Waals surface area contributed by atoms with E-state index in [1.54, 1.807) is 7.11 Å². The second-order valence-corrected chi connectivity index (χ2v) is 7.71. The van der Waals surface area contributed by atoms with Gasteiger partial charge in [0.15, 0.2) is 5.96 Å². The van der Waals surface area contributed by atoms with Gasteiger partial charge in [0.1, 0.15) is 11.5 Å². The largest absolute Gasteiger partial charge is 0.457 e.